The van der Waals surface area contributed by atoms with E-state index in [1.54, 1.807) is 15.8 Å². The molecule has 1 fully saturated rings. The van der Waals surface area contributed by atoms with Gasteiger partial charge in [-0.05, 0) is 38.3 Å². The van der Waals surface area contributed by atoms with Gasteiger partial charge < -0.3 is 4.90 Å². The molecule has 2 aromatic rings. The number of nitrogens with zero attached hydrogens (tertiary/aromatic N) is 3. The number of nitrogens with one attached hydrogen (secondary N) is 1. The number of likely N-dealkylation sites (tertiary alicyclic amines) is 1. The van der Waals surface area contributed by atoms with Crippen molar-refractivity contribution in [3.8, 4) is 5.69 Å². The molecule has 2 heterocycles. The highest BCUT2D eigenvalue weighted by molar-refractivity contribution is 7.88. The highest BCUT2D eigenvalue weighted by Crippen LogP contribution is 2.22. The number of hydrogen-bond donors (Lipinski definition) is 1. The summed E-state index contributed by atoms with van der Waals surface area (Å²) in [6.07, 6.45) is 5.44. The quantitative estimate of drug-likeness (QED) is 0.861. The van der Waals surface area contributed by atoms with Crippen molar-refractivity contribution in [2.75, 3.05) is 19.3 Å². The fraction of sp³-hybridized carbons (Fsp3) is 0.444. The lowest BCUT2D eigenvalue weighted by atomic mass is 10.0. The van der Waals surface area contributed by atoms with Crippen molar-refractivity contribution < 1.29 is 13.2 Å². The summed E-state index contributed by atoms with van der Waals surface area (Å²) < 4.78 is 27.1. The number of amides is 1. The van der Waals surface area contributed by atoms with Crippen molar-refractivity contribution in [2.45, 2.75) is 32.2 Å². The van der Waals surface area contributed by atoms with Crippen LogP contribution in [0.1, 0.15) is 35.3 Å². The maximum absolute atomic E-state index is 13.1. The van der Waals surface area contributed by atoms with Gasteiger partial charge in [-0.2, -0.15) is 5.10 Å². The van der Waals surface area contributed by atoms with E-state index >= 15 is 0 Å². The summed E-state index contributed by atoms with van der Waals surface area (Å²) in [7, 11) is -3.28. The number of rotatable bonds is 5. The maximum Gasteiger partial charge on any atom is 0.257 e. The molecule has 1 atom stereocenters. The number of piperidine rings is 1. The monoisotopic (exact) mass is 376 g/mol. The van der Waals surface area contributed by atoms with E-state index in [0.717, 1.165) is 36.9 Å². The van der Waals surface area contributed by atoms with Gasteiger partial charge in [0.05, 0.1) is 29.4 Å². The summed E-state index contributed by atoms with van der Waals surface area (Å²) >= 11 is 0. The second-order valence-electron chi connectivity index (χ2n) is 6.66. The van der Waals surface area contributed by atoms with Crippen molar-refractivity contribution >= 4 is 15.9 Å². The molecular weight excluding hydrogens is 352 g/mol. The largest absolute Gasteiger partial charge is 0.334 e. The first-order chi connectivity index (χ1) is 12.4. The Morgan fingerprint density at radius 2 is 2.00 bits per heavy atom. The minimum Gasteiger partial charge on any atom is -0.334 e. The number of carbonyl (C=O) groups is 1. The van der Waals surface area contributed by atoms with Crippen molar-refractivity contribution in [1.82, 2.24) is 19.4 Å². The number of hydrogen-bond acceptors (Lipinski definition) is 4. The normalized spacial score (nSPS) is 18.1. The molecule has 26 heavy (non-hydrogen) atoms. The van der Waals surface area contributed by atoms with E-state index in [9.17, 15) is 13.2 Å². The summed E-state index contributed by atoms with van der Waals surface area (Å²) in [6.45, 7) is 2.75. The van der Waals surface area contributed by atoms with Crippen molar-refractivity contribution in [3.63, 3.8) is 0 Å². The fourth-order valence-corrected chi connectivity index (χ4v) is 3.83. The zero-order chi connectivity index (χ0) is 18.7. The van der Waals surface area contributed by atoms with Gasteiger partial charge >= 0.3 is 0 Å². The molecule has 0 spiro atoms. The molecule has 1 aliphatic rings. The van der Waals surface area contributed by atoms with Gasteiger partial charge in [0.2, 0.25) is 10.0 Å². The second kappa shape index (κ2) is 7.59. The van der Waals surface area contributed by atoms with E-state index in [1.165, 1.54) is 0 Å². The van der Waals surface area contributed by atoms with E-state index in [1.807, 2.05) is 37.3 Å². The van der Waals surface area contributed by atoms with Crippen molar-refractivity contribution in [1.29, 1.82) is 0 Å². The third-order valence-electron chi connectivity index (χ3n) is 4.71. The molecule has 1 amide bonds. The van der Waals surface area contributed by atoms with Crippen LogP contribution in [0.2, 0.25) is 0 Å². The molecule has 1 saturated heterocycles. The van der Waals surface area contributed by atoms with Gasteiger partial charge in [0.1, 0.15) is 0 Å². The Kier molecular flexibility index (Phi) is 5.43. The minimum atomic E-state index is -3.28. The molecule has 8 heteroatoms. The third kappa shape index (κ3) is 4.13. The van der Waals surface area contributed by atoms with Gasteiger partial charge in [-0.3, -0.25) is 4.79 Å². The van der Waals surface area contributed by atoms with Crippen LogP contribution in [0.25, 0.3) is 5.69 Å². The number of sulfonamides is 1. The van der Waals surface area contributed by atoms with Gasteiger partial charge in [0.15, 0.2) is 0 Å². The Bertz CT molecular complexity index is 877. The molecule has 3 rings (SSSR count). The molecule has 0 saturated carbocycles. The standard InChI is InChI=1S/C18H24N4O3S/c1-14-17(13-19-22(14)15-8-4-3-5-9-15)18(23)21-11-7-6-10-16(21)12-20-26(2,24)25/h3-5,8-9,13,16,20H,6-7,10-12H2,1-2H3/t16-/m0/s1. The molecule has 0 bridgehead atoms. The number of carbonyl (C=O) groups excluding carboxylic acids is 1. The summed E-state index contributed by atoms with van der Waals surface area (Å²) in [5.74, 6) is -0.0929. The Labute approximate surface area is 154 Å². The molecule has 1 aliphatic heterocycles. The fourth-order valence-electron chi connectivity index (χ4n) is 3.33. The third-order valence-corrected chi connectivity index (χ3v) is 5.40. The molecule has 0 unspecified atom stereocenters. The first kappa shape index (κ1) is 18.6. The first-order valence-corrected chi connectivity index (χ1v) is 10.6. The van der Waals surface area contributed by atoms with Crippen LogP contribution in [0.15, 0.2) is 36.5 Å². The van der Waals surface area contributed by atoms with E-state index < -0.39 is 10.0 Å². The maximum atomic E-state index is 13.1. The van der Waals surface area contributed by atoms with Gasteiger partial charge in [-0.15, -0.1) is 0 Å². The summed E-state index contributed by atoms with van der Waals surface area (Å²) in [4.78, 5) is 14.9. The average Bonchev–Trinajstić information content (AvgIpc) is 3.01. The predicted molar refractivity (Wildman–Crippen MR) is 99.8 cm³/mol. The van der Waals surface area contributed by atoms with Gasteiger partial charge in [-0.1, -0.05) is 18.2 Å². The molecule has 1 aromatic carbocycles. The molecule has 0 radical (unpaired) electrons. The van der Waals surface area contributed by atoms with Crippen LogP contribution in [-0.4, -0.2) is 54.4 Å². The van der Waals surface area contributed by atoms with Crippen LogP contribution in [0.4, 0.5) is 0 Å². The van der Waals surface area contributed by atoms with Gasteiger partial charge in [0.25, 0.3) is 5.91 Å². The first-order valence-electron chi connectivity index (χ1n) is 8.72. The minimum absolute atomic E-state index is 0.0929. The number of aromatic nitrogens is 2. The number of para-hydroxylation sites is 1. The summed E-state index contributed by atoms with van der Waals surface area (Å²) in [5.41, 5.74) is 2.24. The SMILES string of the molecule is Cc1c(C(=O)N2CCCC[C@H]2CNS(C)(=O)=O)cnn1-c1ccccc1. The Morgan fingerprint density at radius 1 is 1.27 bits per heavy atom. The Hall–Kier alpha value is -2.19. The topological polar surface area (TPSA) is 84.3 Å². The van der Waals surface area contributed by atoms with Crippen LogP contribution < -0.4 is 4.72 Å². The van der Waals surface area contributed by atoms with Gasteiger partial charge in [0, 0.05) is 19.1 Å². The molecular formula is C18H24N4O3S. The van der Waals surface area contributed by atoms with E-state index in [2.05, 4.69) is 9.82 Å². The lowest BCUT2D eigenvalue weighted by Crippen LogP contribution is -2.49. The lowest BCUT2D eigenvalue weighted by Gasteiger charge is -2.35. The van der Waals surface area contributed by atoms with Crippen LogP contribution in [0.5, 0.6) is 0 Å². The van der Waals surface area contributed by atoms with Crippen molar-refractivity contribution in [3.05, 3.63) is 47.8 Å². The number of benzene rings is 1. The lowest BCUT2D eigenvalue weighted by molar-refractivity contribution is 0.0618. The highest BCUT2D eigenvalue weighted by Gasteiger charge is 2.30. The average molecular weight is 376 g/mol. The molecule has 1 aromatic heterocycles. The zero-order valence-electron chi connectivity index (χ0n) is 15.1. The van der Waals surface area contributed by atoms with E-state index in [4.69, 9.17) is 0 Å². The van der Waals surface area contributed by atoms with Crippen molar-refractivity contribution in [2.24, 2.45) is 0 Å². The molecule has 1 N–H and O–H groups in total. The second-order valence-corrected chi connectivity index (χ2v) is 8.49. The zero-order valence-corrected chi connectivity index (χ0v) is 15.9. The molecule has 0 aliphatic carbocycles. The van der Waals surface area contributed by atoms with Crippen LogP contribution in [-0.2, 0) is 10.0 Å². The highest BCUT2D eigenvalue weighted by atomic mass is 32.2. The molecule has 7 nitrogen and oxygen atoms in total. The van der Waals surface area contributed by atoms with Crippen LogP contribution in [0.3, 0.4) is 0 Å². The smallest absolute Gasteiger partial charge is 0.257 e. The summed E-state index contributed by atoms with van der Waals surface area (Å²) in [5, 5.41) is 4.37. The Balaban J connectivity index is 1.82. The van der Waals surface area contributed by atoms with E-state index in [-0.39, 0.29) is 18.5 Å². The van der Waals surface area contributed by atoms with Crippen LogP contribution >= 0.6 is 0 Å². The van der Waals surface area contributed by atoms with Gasteiger partial charge in [-0.25, -0.2) is 17.8 Å². The van der Waals surface area contributed by atoms with E-state index in [0.29, 0.717) is 12.1 Å². The Morgan fingerprint density at radius 3 is 2.69 bits per heavy atom. The summed E-state index contributed by atoms with van der Waals surface area (Å²) in [6, 6.07) is 9.53. The van der Waals surface area contributed by atoms with Crippen LogP contribution in [0, 0.1) is 6.92 Å². The predicted octanol–water partition coefficient (Wildman–Crippen LogP) is 1.72. The molecule has 140 valence electrons.